The normalized spacial score (nSPS) is 10.9. The quantitative estimate of drug-likeness (QED) is 0.641. The number of furan rings is 1. The molecule has 0 amide bonds. The summed E-state index contributed by atoms with van der Waals surface area (Å²) in [4.78, 5) is 0.750. The number of para-hydroxylation sites is 1. The van der Waals surface area contributed by atoms with E-state index >= 15 is 0 Å². The molecule has 2 aromatic carbocycles. The van der Waals surface area contributed by atoms with Crippen LogP contribution in [0, 0.1) is 0 Å². The second-order valence-corrected chi connectivity index (χ2v) is 4.60. The summed E-state index contributed by atoms with van der Waals surface area (Å²) in [6.07, 6.45) is 0. The van der Waals surface area contributed by atoms with E-state index in [1.165, 1.54) is 0 Å². The highest BCUT2D eigenvalue weighted by molar-refractivity contribution is 7.80. The Balaban J connectivity index is 2.23. The van der Waals surface area contributed by atoms with Gasteiger partial charge in [0.1, 0.15) is 11.2 Å². The average Bonchev–Trinajstić information content (AvgIpc) is 2.65. The average molecular weight is 241 g/mol. The lowest BCUT2D eigenvalue weighted by atomic mass is 10.1. The zero-order valence-corrected chi connectivity index (χ0v) is 10.2. The fourth-order valence-corrected chi connectivity index (χ4v) is 2.12. The van der Waals surface area contributed by atoms with Crippen LogP contribution in [0.1, 0.15) is 6.92 Å². The number of hydrogen-bond donors (Lipinski definition) is 1. The van der Waals surface area contributed by atoms with Crippen LogP contribution in [0.25, 0.3) is 21.9 Å². The van der Waals surface area contributed by atoms with Gasteiger partial charge in [0, 0.05) is 22.5 Å². The van der Waals surface area contributed by atoms with Gasteiger partial charge in [-0.25, -0.2) is 0 Å². The van der Waals surface area contributed by atoms with Gasteiger partial charge in [0.05, 0.1) is 4.99 Å². The molecule has 2 nitrogen and oxygen atoms in total. The van der Waals surface area contributed by atoms with Crippen LogP contribution >= 0.6 is 12.2 Å². The Morgan fingerprint density at radius 1 is 1.06 bits per heavy atom. The lowest BCUT2D eigenvalue weighted by Crippen LogP contribution is -2.02. The molecule has 0 aliphatic rings. The van der Waals surface area contributed by atoms with E-state index < -0.39 is 0 Å². The van der Waals surface area contributed by atoms with Crippen LogP contribution in [-0.4, -0.2) is 4.99 Å². The molecule has 84 valence electrons. The molecule has 3 heteroatoms. The Hall–Kier alpha value is -1.87. The molecule has 0 radical (unpaired) electrons. The Bertz CT molecular complexity index is 714. The zero-order chi connectivity index (χ0) is 11.8. The highest BCUT2D eigenvalue weighted by atomic mass is 32.1. The molecule has 0 unspecified atom stereocenters. The molecule has 0 spiro atoms. The first-order valence-electron chi connectivity index (χ1n) is 5.43. The minimum Gasteiger partial charge on any atom is -0.456 e. The van der Waals surface area contributed by atoms with Crippen molar-refractivity contribution in [1.82, 2.24) is 0 Å². The smallest absolute Gasteiger partial charge is 0.137 e. The standard InChI is InChI=1S/C14H11NOS/c1-9(17)15-10-6-7-12-11-4-2-3-5-13(11)16-14(12)8-10/h2-8H,1H3,(H,15,17). The van der Waals surface area contributed by atoms with Crippen LogP contribution in [0.4, 0.5) is 5.69 Å². The van der Waals surface area contributed by atoms with E-state index in [0.29, 0.717) is 0 Å². The van der Waals surface area contributed by atoms with Crippen molar-refractivity contribution >= 4 is 44.8 Å². The van der Waals surface area contributed by atoms with Crippen molar-refractivity contribution < 1.29 is 4.42 Å². The molecule has 0 fully saturated rings. The Morgan fingerprint density at radius 3 is 2.65 bits per heavy atom. The molecule has 0 atom stereocenters. The first-order chi connectivity index (χ1) is 8.24. The van der Waals surface area contributed by atoms with Gasteiger partial charge in [0.2, 0.25) is 0 Å². The van der Waals surface area contributed by atoms with Crippen LogP contribution in [0.5, 0.6) is 0 Å². The Labute approximate surface area is 104 Å². The van der Waals surface area contributed by atoms with Gasteiger partial charge < -0.3 is 9.73 Å². The molecule has 1 heterocycles. The van der Waals surface area contributed by atoms with E-state index in [4.69, 9.17) is 16.6 Å². The molecule has 1 aromatic heterocycles. The molecule has 1 N–H and O–H groups in total. The number of fused-ring (bicyclic) bond motifs is 3. The summed E-state index contributed by atoms with van der Waals surface area (Å²) < 4.78 is 5.79. The number of thiocarbonyl (C=S) groups is 1. The van der Waals surface area contributed by atoms with E-state index in [0.717, 1.165) is 32.6 Å². The van der Waals surface area contributed by atoms with Gasteiger partial charge in [-0.3, -0.25) is 0 Å². The third kappa shape index (κ3) is 1.78. The van der Waals surface area contributed by atoms with Crippen LogP contribution < -0.4 is 5.32 Å². The second-order valence-electron chi connectivity index (χ2n) is 3.99. The summed E-state index contributed by atoms with van der Waals surface area (Å²) in [6, 6.07) is 14.1. The fraction of sp³-hybridized carbons (Fsp3) is 0.0714. The third-order valence-electron chi connectivity index (χ3n) is 2.70. The summed E-state index contributed by atoms with van der Waals surface area (Å²) in [5.41, 5.74) is 2.76. The second kappa shape index (κ2) is 3.86. The van der Waals surface area contributed by atoms with Crippen LogP contribution in [0.2, 0.25) is 0 Å². The summed E-state index contributed by atoms with van der Waals surface area (Å²) in [7, 11) is 0. The monoisotopic (exact) mass is 241 g/mol. The maximum atomic E-state index is 5.79. The number of benzene rings is 2. The van der Waals surface area contributed by atoms with E-state index in [9.17, 15) is 0 Å². The highest BCUT2D eigenvalue weighted by Gasteiger charge is 2.06. The van der Waals surface area contributed by atoms with Crippen LogP contribution in [-0.2, 0) is 0 Å². The Morgan fingerprint density at radius 2 is 1.82 bits per heavy atom. The van der Waals surface area contributed by atoms with Crippen LogP contribution in [0.15, 0.2) is 46.9 Å². The van der Waals surface area contributed by atoms with Crippen molar-refractivity contribution in [3.63, 3.8) is 0 Å². The Kier molecular flexibility index (Phi) is 2.34. The number of anilines is 1. The van der Waals surface area contributed by atoms with Gasteiger partial charge in [-0.05, 0) is 25.1 Å². The topological polar surface area (TPSA) is 25.2 Å². The molecule has 3 rings (SSSR count). The van der Waals surface area contributed by atoms with Gasteiger partial charge in [0.15, 0.2) is 0 Å². The van der Waals surface area contributed by atoms with Gasteiger partial charge in [-0.15, -0.1) is 0 Å². The first kappa shape index (κ1) is 10.3. The summed E-state index contributed by atoms with van der Waals surface area (Å²) in [5.74, 6) is 0. The number of nitrogens with one attached hydrogen (secondary N) is 1. The minimum absolute atomic E-state index is 0.750. The molecule has 17 heavy (non-hydrogen) atoms. The summed E-state index contributed by atoms with van der Waals surface area (Å²) in [6.45, 7) is 1.86. The van der Waals surface area contributed by atoms with Gasteiger partial charge in [0.25, 0.3) is 0 Å². The van der Waals surface area contributed by atoms with Gasteiger partial charge >= 0.3 is 0 Å². The SMILES string of the molecule is CC(=S)Nc1ccc2c(c1)oc1ccccc12. The van der Waals surface area contributed by atoms with Crippen molar-refractivity contribution in [2.45, 2.75) is 6.92 Å². The van der Waals surface area contributed by atoms with Crippen molar-refractivity contribution in [1.29, 1.82) is 0 Å². The maximum absolute atomic E-state index is 5.79. The summed E-state index contributed by atoms with van der Waals surface area (Å²) in [5, 5.41) is 5.39. The molecular formula is C14H11NOS. The molecule has 0 saturated carbocycles. The fourth-order valence-electron chi connectivity index (χ4n) is 2.01. The van der Waals surface area contributed by atoms with Crippen LogP contribution in [0.3, 0.4) is 0 Å². The molecule has 0 aliphatic heterocycles. The van der Waals surface area contributed by atoms with Crippen molar-refractivity contribution in [2.75, 3.05) is 5.32 Å². The highest BCUT2D eigenvalue weighted by Crippen LogP contribution is 2.30. The maximum Gasteiger partial charge on any atom is 0.137 e. The largest absolute Gasteiger partial charge is 0.456 e. The lowest BCUT2D eigenvalue weighted by Gasteiger charge is -2.02. The number of rotatable bonds is 1. The van der Waals surface area contributed by atoms with Gasteiger partial charge in [-0.2, -0.15) is 0 Å². The predicted octanol–water partition coefficient (Wildman–Crippen LogP) is 4.35. The number of hydrogen-bond acceptors (Lipinski definition) is 2. The van der Waals surface area contributed by atoms with Crippen molar-refractivity contribution in [3.05, 3.63) is 42.5 Å². The van der Waals surface area contributed by atoms with E-state index in [1.54, 1.807) is 0 Å². The molecule has 3 aromatic rings. The molecule has 0 saturated heterocycles. The summed E-state index contributed by atoms with van der Waals surface area (Å²) >= 11 is 5.02. The van der Waals surface area contributed by atoms with E-state index in [1.807, 2.05) is 37.3 Å². The third-order valence-corrected chi connectivity index (χ3v) is 2.80. The first-order valence-corrected chi connectivity index (χ1v) is 5.84. The van der Waals surface area contributed by atoms with Gasteiger partial charge in [-0.1, -0.05) is 30.4 Å². The minimum atomic E-state index is 0.750. The van der Waals surface area contributed by atoms with Crippen molar-refractivity contribution in [3.8, 4) is 0 Å². The lowest BCUT2D eigenvalue weighted by molar-refractivity contribution is 0.669. The van der Waals surface area contributed by atoms with E-state index in [-0.39, 0.29) is 0 Å². The molecule has 0 aliphatic carbocycles. The molecular weight excluding hydrogens is 230 g/mol. The van der Waals surface area contributed by atoms with E-state index in [2.05, 4.69) is 17.4 Å². The van der Waals surface area contributed by atoms with Crippen molar-refractivity contribution in [2.24, 2.45) is 0 Å². The zero-order valence-electron chi connectivity index (χ0n) is 9.36. The molecule has 0 bridgehead atoms. The predicted molar refractivity (Wildman–Crippen MR) is 75.6 cm³/mol.